The topological polar surface area (TPSA) is 250 Å². The zero-order valence-electron chi connectivity index (χ0n) is 15.8. The molecule has 6 atom stereocenters. The van der Waals surface area contributed by atoms with Crippen LogP contribution < -0.4 is 5.73 Å². The molecule has 0 aliphatic carbocycles. The Morgan fingerprint density at radius 2 is 1.94 bits per heavy atom. The standard InChI is InChI=1S/C12H20N5O11P3/c1-6(29(19,20)21)30(22,23)28-31(24,25)26-3-8-7(18)2-9(27-8)17-5-16-10-11(13)14-4-15-12(10)17/h4-9,18H,2-3H2,1H3,(H,22,23)(H,24,25)(H2,13,14,15)(H2,19,20,21)/t6-,7-,8+,9+/m0/s1. The second-order valence-electron chi connectivity index (χ2n) is 6.65. The van der Waals surface area contributed by atoms with Crippen molar-refractivity contribution < 1.29 is 51.9 Å². The minimum Gasteiger partial charge on any atom is -0.390 e. The first-order valence-electron chi connectivity index (χ1n) is 8.54. The van der Waals surface area contributed by atoms with E-state index < -0.39 is 53.5 Å². The highest BCUT2D eigenvalue weighted by Gasteiger charge is 2.47. The Balaban J connectivity index is 1.65. The Morgan fingerprint density at radius 3 is 2.58 bits per heavy atom. The van der Waals surface area contributed by atoms with Gasteiger partial charge in [-0.1, -0.05) is 0 Å². The molecule has 1 fully saturated rings. The summed E-state index contributed by atoms with van der Waals surface area (Å²) >= 11 is 0. The highest BCUT2D eigenvalue weighted by molar-refractivity contribution is 7.74. The van der Waals surface area contributed by atoms with E-state index in [-0.39, 0.29) is 12.2 Å². The number of hydrogen-bond donors (Lipinski definition) is 6. The SMILES string of the molecule is C[C@@H](P(=O)(O)O)P(=O)(O)OP(=O)(O)OC[C@H]1O[C@@H](n2cnc3c(N)ncnc32)C[C@@H]1O. The van der Waals surface area contributed by atoms with Crippen LogP contribution in [-0.4, -0.2) is 68.4 Å². The Labute approximate surface area is 174 Å². The average molecular weight is 503 g/mol. The van der Waals surface area contributed by atoms with Gasteiger partial charge in [-0.3, -0.25) is 18.2 Å². The van der Waals surface area contributed by atoms with E-state index in [9.17, 15) is 28.6 Å². The summed E-state index contributed by atoms with van der Waals surface area (Å²) in [6, 6.07) is 0. The van der Waals surface area contributed by atoms with Crippen molar-refractivity contribution in [2.24, 2.45) is 0 Å². The molecule has 0 aromatic carbocycles. The molecule has 16 nitrogen and oxygen atoms in total. The van der Waals surface area contributed by atoms with Gasteiger partial charge in [0.25, 0.3) is 0 Å². The molecule has 3 rings (SSSR count). The summed E-state index contributed by atoms with van der Waals surface area (Å²) in [4.78, 5) is 49.2. The maximum Gasteiger partial charge on any atom is 0.479 e. The number of imidazole rings is 1. The molecule has 0 amide bonds. The van der Waals surface area contributed by atoms with Crippen molar-refractivity contribution >= 4 is 40.0 Å². The minimum absolute atomic E-state index is 0.0215. The van der Waals surface area contributed by atoms with Crippen molar-refractivity contribution in [1.82, 2.24) is 19.5 Å². The van der Waals surface area contributed by atoms with Gasteiger partial charge in [-0.2, -0.15) is 0 Å². The van der Waals surface area contributed by atoms with Crippen LogP contribution >= 0.6 is 23.0 Å². The number of nitrogen functional groups attached to an aromatic ring is 1. The summed E-state index contributed by atoms with van der Waals surface area (Å²) in [5.74, 6) is 0.138. The van der Waals surface area contributed by atoms with Crippen LogP contribution in [0.25, 0.3) is 11.2 Å². The highest BCUT2D eigenvalue weighted by atomic mass is 31.3. The zero-order valence-corrected chi connectivity index (χ0v) is 18.5. The molecule has 1 aliphatic heterocycles. The first kappa shape index (κ1) is 24.4. The normalized spacial score (nSPS) is 27.1. The van der Waals surface area contributed by atoms with Crippen LogP contribution in [0, 0.1) is 0 Å². The van der Waals surface area contributed by atoms with Crippen molar-refractivity contribution in [3.05, 3.63) is 12.7 Å². The van der Waals surface area contributed by atoms with Gasteiger partial charge in [0.05, 0.1) is 19.0 Å². The fourth-order valence-electron chi connectivity index (χ4n) is 2.71. The molecule has 0 bridgehead atoms. The minimum atomic E-state index is -5.25. The Bertz CT molecular complexity index is 1110. The van der Waals surface area contributed by atoms with Gasteiger partial charge in [-0.15, -0.1) is 0 Å². The van der Waals surface area contributed by atoms with Crippen LogP contribution in [0.15, 0.2) is 12.7 Å². The Morgan fingerprint density at radius 1 is 1.26 bits per heavy atom. The molecular formula is C12H20N5O11P3. The number of rotatable bonds is 8. The fourth-order valence-corrected chi connectivity index (χ4v) is 6.87. The summed E-state index contributed by atoms with van der Waals surface area (Å²) in [5.41, 5.74) is 6.36. The molecule has 19 heteroatoms. The average Bonchev–Trinajstić information content (AvgIpc) is 3.22. The van der Waals surface area contributed by atoms with Gasteiger partial charge >= 0.3 is 23.0 Å². The molecule has 0 saturated carbocycles. The van der Waals surface area contributed by atoms with E-state index in [2.05, 4.69) is 23.8 Å². The Hall–Kier alpha value is -1.28. The van der Waals surface area contributed by atoms with E-state index in [0.29, 0.717) is 18.1 Å². The first-order chi connectivity index (χ1) is 14.2. The predicted molar refractivity (Wildman–Crippen MR) is 102 cm³/mol. The number of phosphoric ester groups is 1. The smallest absolute Gasteiger partial charge is 0.390 e. The number of aromatic nitrogens is 4. The van der Waals surface area contributed by atoms with Crippen LogP contribution in [0.3, 0.4) is 0 Å². The summed E-state index contributed by atoms with van der Waals surface area (Å²) in [7, 11) is -15.6. The van der Waals surface area contributed by atoms with E-state index in [1.807, 2.05) is 0 Å². The van der Waals surface area contributed by atoms with Crippen molar-refractivity contribution in [3.63, 3.8) is 0 Å². The third-order valence-electron chi connectivity index (χ3n) is 4.48. The van der Waals surface area contributed by atoms with Crippen LogP contribution in [0.1, 0.15) is 19.6 Å². The van der Waals surface area contributed by atoms with E-state index >= 15 is 0 Å². The van der Waals surface area contributed by atoms with Gasteiger partial charge in [0.15, 0.2) is 16.9 Å². The third kappa shape index (κ3) is 5.38. The van der Waals surface area contributed by atoms with Crippen LogP contribution in [0.5, 0.6) is 0 Å². The van der Waals surface area contributed by atoms with Gasteiger partial charge in [0.1, 0.15) is 24.2 Å². The van der Waals surface area contributed by atoms with Crippen molar-refractivity contribution in [2.75, 3.05) is 12.3 Å². The van der Waals surface area contributed by atoms with Crippen LogP contribution in [-0.2, 0) is 27.3 Å². The number of phosphoric acid groups is 1. The number of aliphatic hydroxyl groups is 1. The van der Waals surface area contributed by atoms with Crippen molar-refractivity contribution in [2.45, 2.75) is 37.2 Å². The van der Waals surface area contributed by atoms with Crippen LogP contribution in [0.2, 0.25) is 0 Å². The molecule has 3 heterocycles. The largest absolute Gasteiger partial charge is 0.479 e. The number of nitrogens with two attached hydrogens (primary N) is 1. The first-order valence-corrected chi connectivity index (χ1v) is 13.4. The lowest BCUT2D eigenvalue weighted by Gasteiger charge is -2.23. The number of fused-ring (bicyclic) bond motifs is 1. The number of ether oxygens (including phenoxy) is 1. The maximum atomic E-state index is 12.0. The zero-order chi connectivity index (χ0) is 23.2. The van der Waals surface area contributed by atoms with Crippen molar-refractivity contribution in [3.8, 4) is 0 Å². The number of aliphatic hydroxyl groups excluding tert-OH is 1. The molecular weight excluding hydrogens is 483 g/mol. The summed E-state index contributed by atoms with van der Waals surface area (Å²) < 4.78 is 50.8. The predicted octanol–water partition coefficient (Wildman–Crippen LogP) is -0.100. The second kappa shape index (κ2) is 8.58. The molecule has 7 N–H and O–H groups in total. The maximum absolute atomic E-state index is 12.0. The van der Waals surface area contributed by atoms with E-state index in [4.69, 9.17) is 20.3 Å². The molecule has 0 spiro atoms. The van der Waals surface area contributed by atoms with E-state index in [1.165, 1.54) is 17.2 Å². The van der Waals surface area contributed by atoms with Gasteiger partial charge in [0, 0.05) is 6.42 Å². The number of anilines is 1. The van der Waals surface area contributed by atoms with Gasteiger partial charge in [-0.25, -0.2) is 23.8 Å². The lowest BCUT2D eigenvalue weighted by molar-refractivity contribution is -0.0421. The monoisotopic (exact) mass is 503 g/mol. The van der Waals surface area contributed by atoms with Crippen LogP contribution in [0.4, 0.5) is 5.82 Å². The molecule has 1 saturated heterocycles. The summed E-state index contributed by atoms with van der Waals surface area (Å²) in [5, 5.41) is 7.94. The quantitative estimate of drug-likeness (QED) is 0.257. The lowest BCUT2D eigenvalue weighted by atomic mass is 10.2. The van der Waals surface area contributed by atoms with Gasteiger partial charge in [0.2, 0.25) is 0 Å². The number of hydrogen-bond acceptors (Lipinski definition) is 11. The second-order valence-corrected chi connectivity index (χ2v) is 12.8. The van der Waals surface area contributed by atoms with E-state index in [0.717, 1.165) is 0 Å². The summed E-state index contributed by atoms with van der Waals surface area (Å²) in [6.07, 6.45) is -0.511. The molecule has 2 unspecified atom stereocenters. The van der Waals surface area contributed by atoms with Gasteiger partial charge in [-0.05, 0) is 6.92 Å². The van der Waals surface area contributed by atoms with Gasteiger partial charge < -0.3 is 35.2 Å². The fraction of sp³-hybridized carbons (Fsp3) is 0.583. The molecule has 31 heavy (non-hydrogen) atoms. The lowest BCUT2D eigenvalue weighted by Crippen LogP contribution is -2.26. The van der Waals surface area contributed by atoms with Crippen molar-refractivity contribution in [1.29, 1.82) is 0 Å². The third-order valence-corrected chi connectivity index (χ3v) is 10.4. The highest BCUT2D eigenvalue weighted by Crippen LogP contribution is 2.69. The molecule has 1 aliphatic rings. The molecule has 0 radical (unpaired) electrons. The molecule has 2 aromatic heterocycles. The molecule has 174 valence electrons. The molecule has 2 aromatic rings. The van der Waals surface area contributed by atoms with E-state index in [1.54, 1.807) is 0 Å². The summed E-state index contributed by atoms with van der Waals surface area (Å²) in [6.45, 7) is -0.0543. The Kier molecular flexibility index (Phi) is 6.74. The number of nitrogens with zero attached hydrogens (tertiary/aromatic N) is 4.